The number of anilines is 1. The monoisotopic (exact) mass is 384 g/mol. The molecule has 0 fully saturated rings. The van der Waals surface area contributed by atoms with Crippen molar-refractivity contribution in [1.29, 1.82) is 0 Å². The molecule has 0 unspecified atom stereocenters. The summed E-state index contributed by atoms with van der Waals surface area (Å²) in [6.07, 6.45) is 0. The van der Waals surface area contributed by atoms with Crippen LogP contribution in [-0.4, -0.2) is 12.1 Å². The van der Waals surface area contributed by atoms with E-state index in [1.54, 1.807) is 7.11 Å². The van der Waals surface area contributed by atoms with Crippen LogP contribution in [0.4, 0.5) is 5.69 Å². The van der Waals surface area contributed by atoms with E-state index in [9.17, 15) is 4.79 Å². The third-order valence-corrected chi connectivity index (χ3v) is 5.17. The maximum Gasteiger partial charge on any atom is 0.253 e. The molecule has 4 rings (SSSR count). The highest BCUT2D eigenvalue weighted by Gasteiger charge is 2.09. The van der Waals surface area contributed by atoms with E-state index in [1.807, 2.05) is 49.4 Å². The summed E-state index contributed by atoms with van der Waals surface area (Å²) in [7, 11) is 1.65. The summed E-state index contributed by atoms with van der Waals surface area (Å²) in [4.78, 5) is 15.6. The average molecular weight is 384 g/mol. The van der Waals surface area contributed by atoms with Crippen LogP contribution in [0.25, 0.3) is 22.0 Å². The summed E-state index contributed by atoms with van der Waals surface area (Å²) in [5, 5.41) is 4.45. The van der Waals surface area contributed by atoms with E-state index in [4.69, 9.17) is 4.74 Å². The van der Waals surface area contributed by atoms with Gasteiger partial charge in [0.15, 0.2) is 0 Å². The SMILES string of the molecule is COc1ccc(-c2ccccc2)cc1NCc1cc2c(C)cc(C)cc2[nH]c1=O. The molecule has 0 aliphatic heterocycles. The third kappa shape index (κ3) is 3.87. The van der Waals surface area contributed by atoms with Gasteiger partial charge in [-0.15, -0.1) is 0 Å². The second kappa shape index (κ2) is 7.84. The highest BCUT2D eigenvalue weighted by Crippen LogP contribution is 2.31. The number of hydrogen-bond donors (Lipinski definition) is 2. The maximum atomic E-state index is 12.6. The van der Waals surface area contributed by atoms with Gasteiger partial charge in [-0.05, 0) is 60.4 Å². The molecule has 146 valence electrons. The van der Waals surface area contributed by atoms with Gasteiger partial charge in [-0.3, -0.25) is 4.79 Å². The van der Waals surface area contributed by atoms with Crippen molar-refractivity contribution in [3.8, 4) is 16.9 Å². The first-order valence-corrected chi connectivity index (χ1v) is 9.65. The minimum atomic E-state index is -0.0758. The lowest BCUT2D eigenvalue weighted by Gasteiger charge is -2.14. The first kappa shape index (κ1) is 18.8. The van der Waals surface area contributed by atoms with Crippen molar-refractivity contribution in [2.45, 2.75) is 20.4 Å². The number of ether oxygens (including phenoxy) is 1. The van der Waals surface area contributed by atoms with Gasteiger partial charge < -0.3 is 15.0 Å². The van der Waals surface area contributed by atoms with Gasteiger partial charge in [-0.25, -0.2) is 0 Å². The van der Waals surface area contributed by atoms with E-state index < -0.39 is 0 Å². The van der Waals surface area contributed by atoms with Gasteiger partial charge in [-0.2, -0.15) is 0 Å². The number of aryl methyl sites for hydroxylation is 2. The molecule has 0 saturated carbocycles. The minimum absolute atomic E-state index is 0.0758. The number of H-pyrrole nitrogens is 1. The number of aromatic amines is 1. The number of aromatic nitrogens is 1. The zero-order valence-electron chi connectivity index (χ0n) is 16.9. The van der Waals surface area contributed by atoms with Gasteiger partial charge in [-0.1, -0.05) is 42.5 Å². The van der Waals surface area contributed by atoms with Crippen LogP contribution in [0.15, 0.2) is 71.5 Å². The molecule has 0 bridgehead atoms. The van der Waals surface area contributed by atoms with Crippen LogP contribution < -0.4 is 15.6 Å². The van der Waals surface area contributed by atoms with E-state index >= 15 is 0 Å². The van der Waals surface area contributed by atoms with Crippen LogP contribution in [0.1, 0.15) is 16.7 Å². The Bertz CT molecular complexity index is 1230. The van der Waals surface area contributed by atoms with Crippen molar-refractivity contribution < 1.29 is 4.74 Å². The Balaban J connectivity index is 1.66. The number of hydrogen-bond acceptors (Lipinski definition) is 3. The lowest BCUT2D eigenvalue weighted by Crippen LogP contribution is -2.16. The molecule has 0 amide bonds. The van der Waals surface area contributed by atoms with Crippen molar-refractivity contribution in [3.05, 3.63) is 93.8 Å². The van der Waals surface area contributed by atoms with E-state index in [1.165, 1.54) is 0 Å². The van der Waals surface area contributed by atoms with Gasteiger partial charge in [0.25, 0.3) is 5.56 Å². The number of rotatable bonds is 5. The molecule has 1 aromatic heterocycles. The lowest BCUT2D eigenvalue weighted by molar-refractivity contribution is 0.416. The topological polar surface area (TPSA) is 54.1 Å². The maximum absolute atomic E-state index is 12.6. The number of nitrogens with one attached hydrogen (secondary N) is 2. The van der Waals surface area contributed by atoms with Crippen molar-refractivity contribution in [2.24, 2.45) is 0 Å². The summed E-state index contributed by atoms with van der Waals surface area (Å²) < 4.78 is 5.51. The van der Waals surface area contributed by atoms with Crippen molar-refractivity contribution in [3.63, 3.8) is 0 Å². The van der Waals surface area contributed by atoms with Crippen molar-refractivity contribution in [2.75, 3.05) is 12.4 Å². The van der Waals surface area contributed by atoms with Crippen molar-refractivity contribution >= 4 is 16.6 Å². The molecule has 3 aromatic carbocycles. The van der Waals surface area contributed by atoms with Crippen LogP contribution in [0.3, 0.4) is 0 Å². The quantitative estimate of drug-likeness (QED) is 0.482. The van der Waals surface area contributed by atoms with E-state index in [2.05, 4.69) is 41.5 Å². The first-order chi connectivity index (χ1) is 14.0. The Labute approximate surface area is 170 Å². The Morgan fingerprint density at radius 3 is 2.48 bits per heavy atom. The standard InChI is InChI=1S/C25H24N2O2/c1-16-11-17(2)21-13-20(25(28)27-22(21)12-16)15-26-23-14-19(9-10-24(23)29-3)18-7-5-4-6-8-18/h4-14,26H,15H2,1-3H3,(H,27,28). The smallest absolute Gasteiger partial charge is 0.253 e. The summed E-state index contributed by atoms with van der Waals surface area (Å²) in [5.74, 6) is 0.744. The normalized spacial score (nSPS) is 10.9. The molecule has 0 spiro atoms. The molecular formula is C25H24N2O2. The van der Waals surface area contributed by atoms with Gasteiger partial charge >= 0.3 is 0 Å². The second-order valence-electron chi connectivity index (χ2n) is 7.30. The second-order valence-corrected chi connectivity index (χ2v) is 7.30. The zero-order chi connectivity index (χ0) is 20.4. The van der Waals surface area contributed by atoms with Crippen LogP contribution in [-0.2, 0) is 6.54 Å². The third-order valence-electron chi connectivity index (χ3n) is 5.17. The van der Waals surface area contributed by atoms with Crippen molar-refractivity contribution in [1.82, 2.24) is 4.98 Å². The molecule has 4 aromatic rings. The van der Waals surface area contributed by atoms with E-state index in [0.29, 0.717) is 12.1 Å². The fourth-order valence-corrected chi connectivity index (χ4v) is 3.69. The molecule has 4 heteroatoms. The molecule has 0 radical (unpaired) electrons. The summed E-state index contributed by atoms with van der Waals surface area (Å²) in [6, 6.07) is 22.3. The highest BCUT2D eigenvalue weighted by molar-refractivity contribution is 5.83. The average Bonchev–Trinajstić information content (AvgIpc) is 2.72. The summed E-state index contributed by atoms with van der Waals surface area (Å²) in [5.41, 5.74) is 6.86. The number of pyridine rings is 1. The van der Waals surface area contributed by atoms with Gasteiger partial charge in [0.05, 0.1) is 12.8 Å². The van der Waals surface area contributed by atoms with Crippen LogP contribution in [0, 0.1) is 13.8 Å². The summed E-state index contributed by atoms with van der Waals surface area (Å²) >= 11 is 0. The highest BCUT2D eigenvalue weighted by atomic mass is 16.5. The Kier molecular flexibility index (Phi) is 5.09. The molecule has 4 nitrogen and oxygen atoms in total. The van der Waals surface area contributed by atoms with Gasteiger partial charge in [0.1, 0.15) is 5.75 Å². The summed E-state index contributed by atoms with van der Waals surface area (Å²) in [6.45, 7) is 4.51. The van der Waals surface area contributed by atoms with Crippen LogP contribution >= 0.6 is 0 Å². The fourth-order valence-electron chi connectivity index (χ4n) is 3.69. The zero-order valence-corrected chi connectivity index (χ0v) is 16.9. The molecule has 0 aliphatic rings. The molecule has 0 atom stereocenters. The predicted octanol–water partition coefficient (Wildman–Crippen LogP) is 5.43. The fraction of sp³-hybridized carbons (Fsp3) is 0.160. The molecular weight excluding hydrogens is 360 g/mol. The number of methoxy groups -OCH3 is 1. The van der Waals surface area contributed by atoms with E-state index in [-0.39, 0.29) is 5.56 Å². The van der Waals surface area contributed by atoms with Gasteiger partial charge in [0.2, 0.25) is 0 Å². The van der Waals surface area contributed by atoms with Gasteiger partial charge in [0, 0.05) is 23.0 Å². The molecule has 0 aliphatic carbocycles. The predicted molar refractivity (Wildman–Crippen MR) is 120 cm³/mol. The molecule has 0 saturated heterocycles. The molecule has 29 heavy (non-hydrogen) atoms. The molecule has 1 heterocycles. The van der Waals surface area contributed by atoms with E-state index in [0.717, 1.165) is 44.6 Å². The number of benzene rings is 3. The Morgan fingerprint density at radius 1 is 0.931 bits per heavy atom. The van der Waals surface area contributed by atoms with Crippen LogP contribution in [0.5, 0.6) is 5.75 Å². The van der Waals surface area contributed by atoms with Crippen LogP contribution in [0.2, 0.25) is 0 Å². The first-order valence-electron chi connectivity index (χ1n) is 9.65. The Hall–Kier alpha value is -3.53. The minimum Gasteiger partial charge on any atom is -0.495 e. The largest absolute Gasteiger partial charge is 0.495 e. The lowest BCUT2D eigenvalue weighted by atomic mass is 10.0. The number of fused-ring (bicyclic) bond motifs is 1. The Morgan fingerprint density at radius 2 is 1.72 bits per heavy atom. The molecule has 2 N–H and O–H groups in total.